The second kappa shape index (κ2) is 11.1. The first-order valence-electron chi connectivity index (χ1n) is 8.45. The van der Waals surface area contributed by atoms with Gasteiger partial charge in [-0.25, -0.2) is 0 Å². The summed E-state index contributed by atoms with van der Waals surface area (Å²) in [5.41, 5.74) is 3.10. The molecule has 1 heteroatoms. The van der Waals surface area contributed by atoms with Gasteiger partial charge in [0.05, 0.1) is 0 Å². The van der Waals surface area contributed by atoms with Crippen molar-refractivity contribution in [1.29, 1.82) is 0 Å². The quantitative estimate of drug-likeness (QED) is 0.348. The van der Waals surface area contributed by atoms with Crippen molar-refractivity contribution in [2.75, 3.05) is 0 Å². The van der Waals surface area contributed by atoms with Crippen LogP contribution in [-0.4, -0.2) is 0 Å². The highest BCUT2D eigenvalue weighted by Gasteiger charge is 2.02. The molecule has 1 aromatic carbocycles. The summed E-state index contributed by atoms with van der Waals surface area (Å²) in [6.45, 7) is 14.1. The molecule has 0 aliphatic heterocycles. The molecule has 0 radical (unpaired) electrons. The van der Waals surface area contributed by atoms with E-state index in [1.165, 1.54) is 0 Å². The molecule has 0 aromatic heterocycles. The Morgan fingerprint density at radius 2 is 1.79 bits per heavy atom. The van der Waals surface area contributed by atoms with Crippen molar-refractivity contribution in [3.05, 3.63) is 90.3 Å². The summed E-state index contributed by atoms with van der Waals surface area (Å²) >= 11 is 0. The van der Waals surface area contributed by atoms with E-state index in [-0.39, 0.29) is 0 Å². The minimum atomic E-state index is 0.778. The fraction of sp³-hybridized carbons (Fsp3) is 0.217. The van der Waals surface area contributed by atoms with Crippen LogP contribution in [0.3, 0.4) is 0 Å². The zero-order valence-corrected chi connectivity index (χ0v) is 15.1. The molecule has 1 aromatic rings. The van der Waals surface area contributed by atoms with Crippen molar-refractivity contribution >= 4 is 12.2 Å². The second-order valence-electron chi connectivity index (χ2n) is 5.34. The van der Waals surface area contributed by atoms with Crippen molar-refractivity contribution < 1.29 is 4.74 Å². The lowest BCUT2D eigenvalue weighted by Gasteiger charge is -2.10. The smallest absolute Gasteiger partial charge is 0.128 e. The lowest BCUT2D eigenvalue weighted by Crippen LogP contribution is -1.94. The molecule has 0 saturated carbocycles. The summed E-state index contributed by atoms with van der Waals surface area (Å²) in [7, 11) is 0. The van der Waals surface area contributed by atoms with E-state index >= 15 is 0 Å². The minimum Gasteiger partial charge on any atom is -0.457 e. The normalized spacial score (nSPS) is 12.4. The van der Waals surface area contributed by atoms with Gasteiger partial charge in [-0.3, -0.25) is 0 Å². The van der Waals surface area contributed by atoms with Crippen LogP contribution in [0, 0.1) is 0 Å². The first kappa shape index (κ1) is 19.5. The molecule has 0 amide bonds. The molecule has 0 N–H and O–H groups in total. The molecule has 0 fully saturated rings. The first-order chi connectivity index (χ1) is 11.6. The Bertz CT molecular complexity index is 669. The third kappa shape index (κ3) is 6.70. The Labute approximate surface area is 147 Å². The van der Waals surface area contributed by atoms with Gasteiger partial charge in [-0.2, -0.15) is 0 Å². The van der Waals surface area contributed by atoms with E-state index in [0.29, 0.717) is 0 Å². The van der Waals surface area contributed by atoms with E-state index in [0.717, 1.165) is 41.1 Å². The number of ether oxygens (including phenoxy) is 1. The summed E-state index contributed by atoms with van der Waals surface area (Å²) in [4.78, 5) is 0. The van der Waals surface area contributed by atoms with Crippen LogP contribution in [0.5, 0.6) is 5.75 Å². The maximum Gasteiger partial charge on any atom is 0.128 e. The van der Waals surface area contributed by atoms with Gasteiger partial charge in [0.25, 0.3) is 0 Å². The maximum atomic E-state index is 6.07. The fourth-order valence-corrected chi connectivity index (χ4v) is 2.11. The summed E-state index contributed by atoms with van der Waals surface area (Å²) in [5, 5.41) is 0. The van der Waals surface area contributed by atoms with Crippen LogP contribution in [0.1, 0.15) is 44.7 Å². The molecule has 126 valence electrons. The topological polar surface area (TPSA) is 9.23 Å². The van der Waals surface area contributed by atoms with E-state index < -0.39 is 0 Å². The summed E-state index contributed by atoms with van der Waals surface area (Å²) in [6.07, 6.45) is 18.0. The number of hydrogen-bond donors (Lipinski definition) is 0. The van der Waals surface area contributed by atoms with Crippen molar-refractivity contribution in [3.8, 4) is 5.75 Å². The molecule has 1 nitrogen and oxygen atoms in total. The molecule has 0 heterocycles. The summed E-state index contributed by atoms with van der Waals surface area (Å²) in [6, 6.07) is 6.00. The van der Waals surface area contributed by atoms with Gasteiger partial charge in [-0.1, -0.05) is 69.5 Å². The SMILES string of the molecule is C=Cc1ccc(OC(/C=C\CC)=C/C(=C)/C=C\CC)cc1/C=C\C. The van der Waals surface area contributed by atoms with Crippen molar-refractivity contribution in [2.45, 2.75) is 33.6 Å². The van der Waals surface area contributed by atoms with E-state index in [9.17, 15) is 0 Å². The predicted molar refractivity (Wildman–Crippen MR) is 108 cm³/mol. The average molecular weight is 320 g/mol. The van der Waals surface area contributed by atoms with E-state index in [1.807, 2.05) is 55.5 Å². The standard InChI is InChI=1S/C23H28O/c1-6-10-13-19(5)17-22(14-11-7-2)24-23-16-15-20(9-4)21(18-23)12-8-3/h8-18H,4-7H2,1-3H3/b12-8-,13-10-,14-11-,22-17+. The lowest BCUT2D eigenvalue weighted by atomic mass is 10.1. The van der Waals surface area contributed by atoms with E-state index in [4.69, 9.17) is 4.74 Å². The molecular formula is C23H28O. The second-order valence-corrected chi connectivity index (χ2v) is 5.34. The largest absolute Gasteiger partial charge is 0.457 e. The van der Waals surface area contributed by atoms with Gasteiger partial charge in [0.1, 0.15) is 11.5 Å². The monoisotopic (exact) mass is 320 g/mol. The van der Waals surface area contributed by atoms with Gasteiger partial charge < -0.3 is 4.74 Å². The molecule has 0 bridgehead atoms. The summed E-state index contributed by atoms with van der Waals surface area (Å²) in [5.74, 6) is 1.58. The maximum absolute atomic E-state index is 6.07. The fourth-order valence-electron chi connectivity index (χ4n) is 2.11. The molecular weight excluding hydrogens is 292 g/mol. The van der Waals surface area contributed by atoms with E-state index in [2.05, 4.69) is 45.2 Å². The van der Waals surface area contributed by atoms with Crippen molar-refractivity contribution in [1.82, 2.24) is 0 Å². The van der Waals surface area contributed by atoms with Gasteiger partial charge in [-0.05, 0) is 60.8 Å². The van der Waals surface area contributed by atoms with Crippen LogP contribution in [0.4, 0.5) is 0 Å². The van der Waals surface area contributed by atoms with Crippen LogP contribution in [0.25, 0.3) is 12.2 Å². The summed E-state index contributed by atoms with van der Waals surface area (Å²) < 4.78 is 6.07. The average Bonchev–Trinajstić information content (AvgIpc) is 2.58. The zero-order valence-electron chi connectivity index (χ0n) is 15.1. The number of rotatable bonds is 9. The van der Waals surface area contributed by atoms with Crippen molar-refractivity contribution in [3.63, 3.8) is 0 Å². The zero-order chi connectivity index (χ0) is 17.8. The third-order valence-corrected chi connectivity index (χ3v) is 3.27. The Kier molecular flexibility index (Phi) is 8.99. The molecule has 24 heavy (non-hydrogen) atoms. The highest BCUT2D eigenvalue weighted by Crippen LogP contribution is 2.23. The molecule has 0 saturated heterocycles. The van der Waals surface area contributed by atoms with Gasteiger partial charge in [-0.15, -0.1) is 0 Å². The Balaban J connectivity index is 3.10. The molecule has 0 spiro atoms. The lowest BCUT2D eigenvalue weighted by molar-refractivity contribution is 0.444. The van der Waals surface area contributed by atoms with E-state index in [1.54, 1.807) is 0 Å². The molecule has 0 aliphatic rings. The minimum absolute atomic E-state index is 0.778. The number of hydrogen-bond acceptors (Lipinski definition) is 1. The van der Waals surface area contributed by atoms with Crippen LogP contribution in [0.15, 0.2) is 79.1 Å². The molecule has 0 atom stereocenters. The highest BCUT2D eigenvalue weighted by molar-refractivity contribution is 5.66. The predicted octanol–water partition coefficient (Wildman–Crippen LogP) is 7.11. The molecule has 0 aliphatic carbocycles. The number of benzene rings is 1. The van der Waals surface area contributed by atoms with Crippen LogP contribution in [0.2, 0.25) is 0 Å². The Morgan fingerprint density at radius 1 is 1.08 bits per heavy atom. The molecule has 1 rings (SSSR count). The Morgan fingerprint density at radius 3 is 2.42 bits per heavy atom. The van der Waals surface area contributed by atoms with Crippen LogP contribution in [-0.2, 0) is 0 Å². The van der Waals surface area contributed by atoms with Crippen LogP contribution < -0.4 is 4.74 Å². The molecule has 0 unspecified atom stereocenters. The van der Waals surface area contributed by atoms with Gasteiger partial charge in [0.2, 0.25) is 0 Å². The van der Waals surface area contributed by atoms with Gasteiger partial charge in [0.15, 0.2) is 0 Å². The van der Waals surface area contributed by atoms with Gasteiger partial charge in [0, 0.05) is 0 Å². The van der Waals surface area contributed by atoms with Gasteiger partial charge >= 0.3 is 0 Å². The highest BCUT2D eigenvalue weighted by atomic mass is 16.5. The first-order valence-corrected chi connectivity index (χ1v) is 8.45. The number of allylic oxidation sites excluding steroid dienone is 7. The third-order valence-electron chi connectivity index (χ3n) is 3.27. The Hall–Kier alpha value is -2.54. The van der Waals surface area contributed by atoms with Crippen molar-refractivity contribution in [2.24, 2.45) is 0 Å². The van der Waals surface area contributed by atoms with Crippen LogP contribution >= 0.6 is 0 Å².